The van der Waals surface area contributed by atoms with Gasteiger partial charge in [0.2, 0.25) is 5.91 Å². The third-order valence-electron chi connectivity index (χ3n) is 3.78. The molecule has 2 heterocycles. The van der Waals surface area contributed by atoms with E-state index in [9.17, 15) is 4.79 Å². The van der Waals surface area contributed by atoms with Crippen LogP contribution in [0.2, 0.25) is 0 Å². The van der Waals surface area contributed by atoms with Crippen molar-refractivity contribution >= 4 is 60.3 Å². The van der Waals surface area contributed by atoms with Gasteiger partial charge >= 0.3 is 0 Å². The molecule has 1 saturated heterocycles. The van der Waals surface area contributed by atoms with E-state index in [2.05, 4.69) is 33.0 Å². The lowest BCUT2D eigenvalue weighted by Crippen LogP contribution is -2.29. The summed E-state index contributed by atoms with van der Waals surface area (Å²) in [4.78, 5) is 19.2. The smallest absolute Gasteiger partial charge is 0.242 e. The Morgan fingerprint density at radius 1 is 1.17 bits per heavy atom. The number of carbonyl (C=O) groups is 1. The van der Waals surface area contributed by atoms with Crippen molar-refractivity contribution in [2.24, 2.45) is 0 Å². The molecule has 2 aromatic carbocycles. The van der Waals surface area contributed by atoms with Gasteiger partial charge in [-0.15, -0.1) is 11.8 Å². The van der Waals surface area contributed by atoms with Gasteiger partial charge in [-0.25, -0.2) is 4.98 Å². The fraction of sp³-hybridized carbons (Fsp3) is 0.176. The number of hydrogen-bond acceptors (Lipinski definition) is 4. The van der Waals surface area contributed by atoms with Crippen LogP contribution >= 0.6 is 39.0 Å². The molecule has 0 saturated carbocycles. The van der Waals surface area contributed by atoms with Gasteiger partial charge in [0.1, 0.15) is 5.37 Å². The summed E-state index contributed by atoms with van der Waals surface area (Å²) < 4.78 is 2.12. The first kappa shape index (κ1) is 15.2. The molecule has 0 bridgehead atoms. The van der Waals surface area contributed by atoms with E-state index in [1.165, 1.54) is 0 Å². The van der Waals surface area contributed by atoms with Gasteiger partial charge < -0.3 is 0 Å². The number of carbonyl (C=O) groups excluding carboxylic acids is 1. The molecule has 0 N–H and O–H groups in total. The molecule has 1 fully saturated rings. The lowest BCUT2D eigenvalue weighted by molar-refractivity contribution is -0.117. The predicted octanol–water partition coefficient (Wildman–Crippen LogP) is 5.23. The monoisotopic (exact) mass is 404 g/mol. The van der Waals surface area contributed by atoms with Crippen LogP contribution in [0.3, 0.4) is 0 Å². The molecular formula is C17H13BrN2OS2. The van der Waals surface area contributed by atoms with Gasteiger partial charge in [-0.2, -0.15) is 0 Å². The van der Waals surface area contributed by atoms with E-state index in [0.29, 0.717) is 0 Å². The number of para-hydroxylation sites is 1. The molecule has 4 rings (SSSR count). The molecule has 1 aromatic heterocycles. The van der Waals surface area contributed by atoms with Crippen molar-refractivity contribution in [3.8, 4) is 0 Å². The molecule has 0 radical (unpaired) electrons. The third kappa shape index (κ3) is 2.69. The van der Waals surface area contributed by atoms with Gasteiger partial charge in [0.15, 0.2) is 5.13 Å². The number of anilines is 1. The summed E-state index contributed by atoms with van der Waals surface area (Å²) in [5.74, 6) is 0.124. The summed E-state index contributed by atoms with van der Waals surface area (Å²) in [6, 6.07) is 16.1. The van der Waals surface area contributed by atoms with E-state index in [1.54, 1.807) is 23.1 Å². The highest BCUT2D eigenvalue weighted by Gasteiger charge is 2.41. The minimum atomic E-state index is -0.0639. The topological polar surface area (TPSA) is 33.2 Å². The average molecular weight is 405 g/mol. The minimum absolute atomic E-state index is 0.0319. The largest absolute Gasteiger partial charge is 0.273 e. The third-order valence-corrected chi connectivity index (χ3v) is 6.65. The van der Waals surface area contributed by atoms with Crippen LogP contribution in [0.4, 0.5) is 5.13 Å². The number of fused-ring (bicyclic) bond motifs is 1. The second-order valence-corrected chi connectivity index (χ2v) is 8.71. The fourth-order valence-corrected chi connectivity index (χ4v) is 5.40. The zero-order chi connectivity index (χ0) is 16.0. The molecule has 1 aliphatic rings. The summed E-state index contributed by atoms with van der Waals surface area (Å²) in [5, 5.41) is 0.680. The van der Waals surface area contributed by atoms with Gasteiger partial charge in [-0.05, 0) is 36.8 Å². The van der Waals surface area contributed by atoms with Crippen molar-refractivity contribution in [3.63, 3.8) is 0 Å². The number of thioether (sulfide) groups is 1. The number of aromatic nitrogens is 1. The summed E-state index contributed by atoms with van der Waals surface area (Å²) in [7, 11) is 0. The molecular weight excluding hydrogens is 392 g/mol. The Balaban J connectivity index is 1.81. The number of nitrogens with zero attached hydrogens (tertiary/aromatic N) is 2. The van der Waals surface area contributed by atoms with Gasteiger partial charge in [-0.3, -0.25) is 9.69 Å². The molecule has 116 valence electrons. The zero-order valence-electron chi connectivity index (χ0n) is 12.3. The maximum Gasteiger partial charge on any atom is 0.242 e. The van der Waals surface area contributed by atoms with Gasteiger partial charge in [0.05, 0.1) is 15.5 Å². The second kappa shape index (κ2) is 5.92. The molecule has 0 spiro atoms. The Bertz CT molecular complexity index is 862. The van der Waals surface area contributed by atoms with Gasteiger partial charge in [0, 0.05) is 4.47 Å². The van der Waals surface area contributed by atoms with E-state index in [4.69, 9.17) is 0 Å². The molecule has 6 heteroatoms. The Morgan fingerprint density at radius 3 is 2.78 bits per heavy atom. The maximum absolute atomic E-state index is 12.7. The van der Waals surface area contributed by atoms with Crippen molar-refractivity contribution in [2.45, 2.75) is 17.5 Å². The van der Waals surface area contributed by atoms with Gasteiger partial charge in [-0.1, -0.05) is 51.5 Å². The second-order valence-electron chi connectivity index (χ2n) is 5.36. The zero-order valence-corrected chi connectivity index (χ0v) is 15.5. The summed E-state index contributed by atoms with van der Waals surface area (Å²) in [5.41, 5.74) is 2.05. The first-order chi connectivity index (χ1) is 11.1. The van der Waals surface area contributed by atoms with Crippen molar-refractivity contribution in [1.82, 2.24) is 4.98 Å². The number of thiazole rings is 1. The SMILES string of the molecule is C[C@@H]1S[C@H](c2cccc(Br)c2)N(c2nc3ccccc3s2)C1=O. The maximum atomic E-state index is 12.7. The fourth-order valence-electron chi connectivity index (χ4n) is 2.67. The lowest BCUT2D eigenvalue weighted by Gasteiger charge is -2.21. The van der Waals surface area contributed by atoms with Crippen LogP contribution in [0.15, 0.2) is 53.0 Å². The first-order valence-electron chi connectivity index (χ1n) is 7.23. The average Bonchev–Trinajstić information content (AvgIpc) is 3.09. The van der Waals surface area contributed by atoms with Gasteiger partial charge in [0.25, 0.3) is 0 Å². The number of rotatable bonds is 2. The van der Waals surface area contributed by atoms with Crippen molar-refractivity contribution < 1.29 is 4.79 Å². The Morgan fingerprint density at radius 2 is 2.00 bits per heavy atom. The van der Waals surface area contributed by atoms with E-state index < -0.39 is 0 Å². The Labute approximate surface area is 150 Å². The molecule has 0 aliphatic carbocycles. The number of hydrogen-bond donors (Lipinski definition) is 0. The standard InChI is InChI=1S/C17H13BrN2OS2/c1-10-15(21)20(16(22-10)11-5-4-6-12(18)9-11)17-19-13-7-2-3-8-14(13)23-17/h2-10,16H,1H3/t10-,16+/m0/s1. The summed E-state index contributed by atoms with van der Waals surface area (Å²) >= 11 is 6.76. The summed E-state index contributed by atoms with van der Waals surface area (Å²) in [6.45, 7) is 1.96. The number of halogens is 1. The molecule has 3 aromatic rings. The highest BCUT2D eigenvalue weighted by Crippen LogP contribution is 2.47. The highest BCUT2D eigenvalue weighted by molar-refractivity contribution is 9.10. The van der Waals surface area contributed by atoms with Crippen molar-refractivity contribution in [1.29, 1.82) is 0 Å². The Kier molecular flexibility index (Phi) is 3.91. The quantitative estimate of drug-likeness (QED) is 0.586. The molecule has 23 heavy (non-hydrogen) atoms. The molecule has 3 nitrogen and oxygen atoms in total. The molecule has 2 atom stereocenters. The van der Waals surface area contributed by atoms with Crippen LogP contribution < -0.4 is 4.90 Å². The number of amides is 1. The predicted molar refractivity (Wildman–Crippen MR) is 101 cm³/mol. The van der Waals surface area contributed by atoms with Crippen molar-refractivity contribution in [2.75, 3.05) is 4.90 Å². The first-order valence-corrected chi connectivity index (χ1v) is 9.78. The summed E-state index contributed by atoms with van der Waals surface area (Å²) in [6.07, 6.45) is 0. The van der Waals surface area contributed by atoms with E-state index >= 15 is 0 Å². The van der Waals surface area contributed by atoms with Crippen LogP contribution in [-0.2, 0) is 4.79 Å². The van der Waals surface area contributed by atoms with Crippen LogP contribution in [0.25, 0.3) is 10.2 Å². The van der Waals surface area contributed by atoms with Crippen molar-refractivity contribution in [3.05, 3.63) is 58.6 Å². The molecule has 0 unspecified atom stereocenters. The lowest BCUT2D eigenvalue weighted by atomic mass is 10.2. The van der Waals surface area contributed by atoms with E-state index in [0.717, 1.165) is 25.4 Å². The van der Waals surface area contributed by atoms with Crippen LogP contribution in [0.5, 0.6) is 0 Å². The van der Waals surface area contributed by atoms with Crippen LogP contribution in [-0.4, -0.2) is 16.1 Å². The normalized spacial score (nSPS) is 21.3. The van der Waals surface area contributed by atoms with E-state index in [1.807, 2.05) is 48.2 Å². The minimum Gasteiger partial charge on any atom is -0.273 e. The number of benzene rings is 2. The van der Waals surface area contributed by atoms with Crippen LogP contribution in [0, 0.1) is 0 Å². The van der Waals surface area contributed by atoms with E-state index in [-0.39, 0.29) is 16.5 Å². The highest BCUT2D eigenvalue weighted by atomic mass is 79.9. The Hall–Kier alpha value is -1.37. The van der Waals surface area contributed by atoms with Crippen LogP contribution in [0.1, 0.15) is 17.9 Å². The molecule has 1 amide bonds. The molecule has 1 aliphatic heterocycles.